The molecule has 0 unspecified atom stereocenters. The number of phenols is 1. The molecule has 2 aromatic heterocycles. The molecule has 2 N–H and O–H groups in total. The molecule has 0 amide bonds. The Hall–Kier alpha value is -2.86. The molecule has 1 aromatic carbocycles. The number of aryl methyl sites for hydroxylation is 1. The second kappa shape index (κ2) is 6.46. The van der Waals surface area contributed by atoms with Crippen molar-refractivity contribution in [3.63, 3.8) is 0 Å². The lowest BCUT2D eigenvalue weighted by Gasteiger charge is -2.28. The first kappa shape index (κ1) is 16.6. The van der Waals surface area contributed by atoms with Gasteiger partial charge in [-0.15, -0.1) is 0 Å². The number of hydrogen-bond donors (Lipinski definition) is 2. The summed E-state index contributed by atoms with van der Waals surface area (Å²) in [7, 11) is 2.05. The first-order valence-corrected chi connectivity index (χ1v) is 8.89. The van der Waals surface area contributed by atoms with Crippen LogP contribution in [0.15, 0.2) is 60.8 Å². The van der Waals surface area contributed by atoms with Crippen molar-refractivity contribution >= 4 is 23.0 Å². The average Bonchev–Trinajstić information content (AvgIpc) is 3.16. The van der Waals surface area contributed by atoms with E-state index in [1.807, 2.05) is 48.3 Å². The van der Waals surface area contributed by atoms with Gasteiger partial charge in [0.1, 0.15) is 11.8 Å². The van der Waals surface area contributed by atoms with Crippen molar-refractivity contribution in [2.75, 3.05) is 4.90 Å². The summed E-state index contributed by atoms with van der Waals surface area (Å²) < 4.78 is 2.16. The van der Waals surface area contributed by atoms with Gasteiger partial charge < -0.3 is 19.9 Å². The monoisotopic (exact) mass is 364 g/mol. The third-order valence-electron chi connectivity index (χ3n) is 4.95. The van der Waals surface area contributed by atoms with Crippen LogP contribution in [0.4, 0.5) is 5.69 Å². The third-order valence-corrected chi connectivity index (χ3v) is 5.27. The van der Waals surface area contributed by atoms with Crippen molar-refractivity contribution in [2.45, 2.75) is 19.0 Å². The van der Waals surface area contributed by atoms with E-state index >= 15 is 0 Å². The lowest BCUT2D eigenvalue weighted by molar-refractivity contribution is 0.471. The van der Waals surface area contributed by atoms with Gasteiger partial charge >= 0.3 is 0 Å². The van der Waals surface area contributed by atoms with E-state index in [1.165, 1.54) is 0 Å². The molecular formula is C20H20N4OS. The summed E-state index contributed by atoms with van der Waals surface area (Å²) in [6, 6.07) is 17.1. The number of thiocarbonyl (C=S) groups is 1. The Balaban J connectivity index is 1.89. The van der Waals surface area contributed by atoms with E-state index in [2.05, 4.69) is 33.9 Å². The zero-order valence-corrected chi connectivity index (χ0v) is 15.4. The molecule has 2 atom stereocenters. The van der Waals surface area contributed by atoms with Crippen molar-refractivity contribution < 1.29 is 5.11 Å². The number of nitrogens with one attached hydrogen (secondary N) is 1. The van der Waals surface area contributed by atoms with Gasteiger partial charge in [-0.2, -0.15) is 0 Å². The molecule has 0 saturated carbocycles. The molecule has 0 aliphatic carbocycles. The molecular weight excluding hydrogens is 344 g/mol. The van der Waals surface area contributed by atoms with E-state index in [0.717, 1.165) is 17.1 Å². The quantitative estimate of drug-likeness (QED) is 0.696. The maximum absolute atomic E-state index is 10.4. The Morgan fingerprint density at radius 3 is 2.50 bits per heavy atom. The van der Waals surface area contributed by atoms with Gasteiger partial charge in [-0.05, 0) is 55.5 Å². The average molecular weight is 364 g/mol. The van der Waals surface area contributed by atoms with Crippen LogP contribution in [0.25, 0.3) is 0 Å². The standard InChI is InChI=1S/C20H20N4OS/c1-13-10-11-16(23(13)2)19-18(14-7-5-6-12-21-14)22-20(26)24(19)15-8-3-4-9-17(15)25/h3-12,18-19,25H,1-2H3,(H,22,26)/t18-,19-/m0/s1. The summed E-state index contributed by atoms with van der Waals surface area (Å²) in [5, 5.41) is 14.4. The summed E-state index contributed by atoms with van der Waals surface area (Å²) in [6.07, 6.45) is 1.79. The molecule has 1 aliphatic rings. The highest BCUT2D eigenvalue weighted by atomic mass is 32.1. The fraction of sp³-hybridized carbons (Fsp3) is 0.200. The van der Waals surface area contributed by atoms with E-state index in [0.29, 0.717) is 10.8 Å². The van der Waals surface area contributed by atoms with Gasteiger partial charge in [-0.1, -0.05) is 18.2 Å². The number of aromatic hydroxyl groups is 1. The van der Waals surface area contributed by atoms with Crippen LogP contribution in [0.5, 0.6) is 5.75 Å². The van der Waals surface area contributed by atoms with E-state index in [1.54, 1.807) is 12.3 Å². The van der Waals surface area contributed by atoms with Crippen LogP contribution in [0, 0.1) is 6.92 Å². The number of anilines is 1. The number of pyridine rings is 1. The fourth-order valence-corrected chi connectivity index (χ4v) is 3.85. The third kappa shape index (κ3) is 2.63. The molecule has 1 fully saturated rings. The summed E-state index contributed by atoms with van der Waals surface area (Å²) in [5.41, 5.74) is 3.87. The Morgan fingerprint density at radius 1 is 1.08 bits per heavy atom. The SMILES string of the molecule is Cc1ccc([C@H]2[C@H](c3ccccn3)NC(=S)N2c2ccccc2O)n1C. The molecule has 5 nitrogen and oxygen atoms in total. The first-order chi connectivity index (χ1) is 12.6. The number of rotatable bonds is 3. The summed E-state index contributed by atoms with van der Waals surface area (Å²) >= 11 is 5.65. The van der Waals surface area contributed by atoms with Gasteiger partial charge in [0.25, 0.3) is 0 Å². The van der Waals surface area contributed by atoms with Crippen molar-refractivity contribution in [2.24, 2.45) is 7.05 Å². The molecule has 3 heterocycles. The molecule has 1 aliphatic heterocycles. The maximum Gasteiger partial charge on any atom is 0.174 e. The topological polar surface area (TPSA) is 53.3 Å². The van der Waals surface area contributed by atoms with E-state index in [9.17, 15) is 5.11 Å². The largest absolute Gasteiger partial charge is 0.506 e. The lowest BCUT2D eigenvalue weighted by atomic mass is 10.0. The molecule has 0 radical (unpaired) electrons. The smallest absolute Gasteiger partial charge is 0.174 e. The van der Waals surface area contributed by atoms with Crippen molar-refractivity contribution in [3.05, 3.63) is 77.9 Å². The predicted octanol–water partition coefficient (Wildman–Crippen LogP) is 3.61. The number of para-hydroxylation sites is 2. The highest BCUT2D eigenvalue weighted by Crippen LogP contribution is 2.44. The maximum atomic E-state index is 10.4. The van der Waals surface area contributed by atoms with Gasteiger partial charge in [-0.3, -0.25) is 4.98 Å². The summed E-state index contributed by atoms with van der Waals surface area (Å²) in [6.45, 7) is 2.07. The molecule has 6 heteroatoms. The van der Waals surface area contributed by atoms with Gasteiger partial charge in [0, 0.05) is 24.6 Å². The van der Waals surface area contributed by atoms with Crippen LogP contribution in [-0.4, -0.2) is 19.8 Å². The predicted molar refractivity (Wildman–Crippen MR) is 106 cm³/mol. The van der Waals surface area contributed by atoms with Crippen LogP contribution in [0.3, 0.4) is 0 Å². The second-order valence-corrected chi connectivity index (χ2v) is 6.83. The Labute approximate surface area is 157 Å². The van der Waals surface area contributed by atoms with E-state index in [4.69, 9.17) is 12.2 Å². The second-order valence-electron chi connectivity index (χ2n) is 6.44. The zero-order chi connectivity index (χ0) is 18.3. The van der Waals surface area contributed by atoms with Crippen LogP contribution in [0.1, 0.15) is 29.2 Å². The summed E-state index contributed by atoms with van der Waals surface area (Å²) in [5.74, 6) is 0.203. The molecule has 4 rings (SSSR count). The summed E-state index contributed by atoms with van der Waals surface area (Å²) in [4.78, 5) is 6.52. The number of benzene rings is 1. The van der Waals surface area contributed by atoms with Crippen LogP contribution in [-0.2, 0) is 7.05 Å². The number of hydrogen-bond acceptors (Lipinski definition) is 3. The number of aromatic nitrogens is 2. The van der Waals surface area contributed by atoms with E-state index < -0.39 is 0 Å². The minimum Gasteiger partial charge on any atom is -0.506 e. The number of phenolic OH excluding ortho intramolecular Hbond substituents is 1. The molecule has 26 heavy (non-hydrogen) atoms. The molecule has 0 spiro atoms. The van der Waals surface area contributed by atoms with Gasteiger partial charge in [0.15, 0.2) is 5.11 Å². The molecule has 0 bridgehead atoms. The van der Waals surface area contributed by atoms with Gasteiger partial charge in [0.2, 0.25) is 0 Å². The van der Waals surface area contributed by atoms with Crippen molar-refractivity contribution in [1.29, 1.82) is 0 Å². The van der Waals surface area contributed by atoms with Crippen LogP contribution in [0.2, 0.25) is 0 Å². The Morgan fingerprint density at radius 2 is 1.85 bits per heavy atom. The normalized spacial score (nSPS) is 19.6. The highest BCUT2D eigenvalue weighted by Gasteiger charge is 2.42. The van der Waals surface area contributed by atoms with E-state index in [-0.39, 0.29) is 17.8 Å². The number of nitrogens with zero attached hydrogens (tertiary/aromatic N) is 3. The van der Waals surface area contributed by atoms with Crippen molar-refractivity contribution in [1.82, 2.24) is 14.9 Å². The molecule has 132 valence electrons. The Kier molecular flexibility index (Phi) is 4.12. The molecule has 3 aromatic rings. The molecule has 1 saturated heterocycles. The fourth-order valence-electron chi connectivity index (χ4n) is 3.51. The Bertz CT molecular complexity index is 953. The van der Waals surface area contributed by atoms with Crippen molar-refractivity contribution in [3.8, 4) is 5.75 Å². The minimum atomic E-state index is -0.121. The van der Waals surface area contributed by atoms with Gasteiger partial charge in [0.05, 0.1) is 17.4 Å². The minimum absolute atomic E-state index is 0.115. The first-order valence-electron chi connectivity index (χ1n) is 8.49. The van der Waals surface area contributed by atoms with Crippen LogP contribution < -0.4 is 10.2 Å². The lowest BCUT2D eigenvalue weighted by Crippen LogP contribution is -2.30. The highest BCUT2D eigenvalue weighted by molar-refractivity contribution is 7.80. The van der Waals surface area contributed by atoms with Crippen LogP contribution >= 0.6 is 12.2 Å². The zero-order valence-electron chi connectivity index (χ0n) is 14.6. The van der Waals surface area contributed by atoms with Gasteiger partial charge in [-0.25, -0.2) is 0 Å².